The third-order valence-corrected chi connectivity index (χ3v) is 9.52. The SMILES string of the molecule is COCCn1cc(C(=O)N2CCC(c3cc(CNC(=O)[C@@H](NC(=O)C(N)C(C)C)C(C)C)ccc3F)CC2)c2c(CCC(F)(F)F)ccc(F)c21. The Morgan fingerprint density at radius 2 is 1.65 bits per heavy atom. The second kappa shape index (κ2) is 17.0. The third kappa shape index (κ3) is 9.85. The Morgan fingerprint density at radius 1 is 0.980 bits per heavy atom. The zero-order valence-corrected chi connectivity index (χ0v) is 29.7. The molecule has 4 N–H and O–H groups in total. The molecule has 14 heteroatoms. The minimum absolute atomic E-state index is 0.0529. The van der Waals surface area contributed by atoms with Crippen LogP contribution < -0.4 is 16.4 Å². The molecule has 3 amide bonds. The molecule has 3 aromatic rings. The minimum atomic E-state index is -4.43. The van der Waals surface area contributed by atoms with Gasteiger partial charge in [-0.1, -0.05) is 45.9 Å². The number of ether oxygens (including phenoxy) is 1. The van der Waals surface area contributed by atoms with E-state index in [0.717, 1.165) is 6.07 Å². The highest BCUT2D eigenvalue weighted by atomic mass is 19.4. The van der Waals surface area contributed by atoms with Crippen LogP contribution in [0.15, 0.2) is 36.5 Å². The second-order valence-electron chi connectivity index (χ2n) is 13.9. The first kappa shape index (κ1) is 39.7. The molecule has 1 aliphatic heterocycles. The quantitative estimate of drug-likeness (QED) is 0.182. The van der Waals surface area contributed by atoms with Crippen LogP contribution in [0.2, 0.25) is 0 Å². The van der Waals surface area contributed by atoms with Crippen molar-refractivity contribution in [2.45, 2.75) is 90.6 Å². The molecule has 51 heavy (non-hydrogen) atoms. The summed E-state index contributed by atoms with van der Waals surface area (Å²) in [7, 11) is 1.47. The Balaban J connectivity index is 1.47. The van der Waals surface area contributed by atoms with Crippen molar-refractivity contribution < 1.29 is 41.1 Å². The standard InChI is InChI=1S/C37H48F5N5O4/c1-21(2)31(43)34(48)45-32(22(3)4)35(49)44-19-23-6-8-28(38)26(18-23)24-11-14-46(15-12-24)36(50)27-20-47(16-17-51-5)33-29(39)9-7-25(30(27)33)10-13-37(40,41)42/h6-9,18,20-22,24,31-32H,10-17,19,43H2,1-5H3,(H,44,49)(H,45,48)/t31?,32-/m0/s1. The van der Waals surface area contributed by atoms with Crippen molar-refractivity contribution in [2.75, 3.05) is 26.8 Å². The maximum absolute atomic E-state index is 15.2. The van der Waals surface area contributed by atoms with Crippen molar-refractivity contribution in [2.24, 2.45) is 17.6 Å². The van der Waals surface area contributed by atoms with Crippen molar-refractivity contribution in [1.82, 2.24) is 20.1 Å². The number of fused-ring (bicyclic) bond motifs is 1. The van der Waals surface area contributed by atoms with E-state index in [2.05, 4.69) is 10.6 Å². The summed E-state index contributed by atoms with van der Waals surface area (Å²) in [4.78, 5) is 41.1. The van der Waals surface area contributed by atoms with Crippen LogP contribution in [-0.4, -0.2) is 72.3 Å². The molecule has 0 saturated carbocycles. The molecule has 1 fully saturated rings. The zero-order chi connectivity index (χ0) is 37.6. The monoisotopic (exact) mass is 721 g/mol. The Labute approximate surface area is 295 Å². The van der Waals surface area contributed by atoms with Crippen LogP contribution in [0.1, 0.15) is 79.9 Å². The van der Waals surface area contributed by atoms with Crippen LogP contribution in [0.4, 0.5) is 22.0 Å². The minimum Gasteiger partial charge on any atom is -0.383 e. The number of nitrogens with zero attached hydrogens (tertiary/aromatic N) is 2. The lowest BCUT2D eigenvalue weighted by atomic mass is 9.87. The number of nitrogens with two attached hydrogens (primary N) is 1. The zero-order valence-electron chi connectivity index (χ0n) is 29.7. The maximum atomic E-state index is 15.2. The smallest absolute Gasteiger partial charge is 0.383 e. The number of rotatable bonds is 14. The highest BCUT2D eigenvalue weighted by Crippen LogP contribution is 2.35. The molecule has 280 valence electrons. The lowest BCUT2D eigenvalue weighted by molar-refractivity contribution is -0.134. The highest BCUT2D eigenvalue weighted by molar-refractivity contribution is 6.08. The van der Waals surface area contributed by atoms with Gasteiger partial charge in [0.2, 0.25) is 11.8 Å². The summed E-state index contributed by atoms with van der Waals surface area (Å²) in [6.07, 6.45) is -3.66. The average molecular weight is 722 g/mol. The van der Waals surface area contributed by atoms with Gasteiger partial charge in [0.25, 0.3) is 5.91 Å². The van der Waals surface area contributed by atoms with Gasteiger partial charge in [0.05, 0.1) is 23.7 Å². The number of carbonyl (C=O) groups is 3. The van der Waals surface area contributed by atoms with E-state index in [9.17, 15) is 27.6 Å². The molecule has 0 spiro atoms. The molecule has 1 saturated heterocycles. The lowest BCUT2D eigenvalue weighted by Gasteiger charge is -2.32. The fraction of sp³-hybridized carbons (Fsp3) is 0.541. The molecule has 2 heterocycles. The van der Waals surface area contributed by atoms with Gasteiger partial charge in [-0.25, -0.2) is 8.78 Å². The molecule has 0 radical (unpaired) electrons. The van der Waals surface area contributed by atoms with Crippen molar-refractivity contribution in [1.29, 1.82) is 0 Å². The van der Waals surface area contributed by atoms with E-state index >= 15 is 8.78 Å². The van der Waals surface area contributed by atoms with Crippen molar-refractivity contribution in [3.63, 3.8) is 0 Å². The van der Waals surface area contributed by atoms with Gasteiger partial charge in [0, 0.05) is 51.3 Å². The van der Waals surface area contributed by atoms with Gasteiger partial charge in [-0.3, -0.25) is 14.4 Å². The number of piperidine rings is 1. The Hall–Kier alpha value is -4.04. The first-order valence-electron chi connectivity index (χ1n) is 17.3. The van der Waals surface area contributed by atoms with Gasteiger partial charge in [0.1, 0.15) is 17.7 Å². The number of carbonyl (C=O) groups excluding carboxylic acids is 3. The molecular weight excluding hydrogens is 673 g/mol. The highest BCUT2D eigenvalue weighted by Gasteiger charge is 2.32. The Morgan fingerprint density at radius 3 is 2.25 bits per heavy atom. The van der Waals surface area contributed by atoms with E-state index in [1.54, 1.807) is 17.0 Å². The van der Waals surface area contributed by atoms with E-state index in [1.807, 2.05) is 27.7 Å². The number of alkyl halides is 3. The lowest BCUT2D eigenvalue weighted by Crippen LogP contribution is -2.54. The normalized spacial score (nSPS) is 15.4. The predicted molar refractivity (Wildman–Crippen MR) is 184 cm³/mol. The number of amides is 3. The van der Waals surface area contributed by atoms with Gasteiger partial charge in [-0.2, -0.15) is 13.2 Å². The van der Waals surface area contributed by atoms with Crippen molar-refractivity contribution >= 4 is 28.6 Å². The number of benzene rings is 2. The summed E-state index contributed by atoms with van der Waals surface area (Å²) in [6, 6.07) is 5.45. The number of halogens is 5. The number of hydrogen-bond acceptors (Lipinski definition) is 5. The number of aromatic nitrogens is 1. The van der Waals surface area contributed by atoms with Gasteiger partial charge in [-0.15, -0.1) is 0 Å². The van der Waals surface area contributed by atoms with Crippen molar-refractivity contribution in [3.8, 4) is 0 Å². The number of methoxy groups -OCH3 is 1. The number of aryl methyl sites for hydroxylation is 1. The van der Waals surface area contributed by atoms with Crippen LogP contribution in [-0.2, 0) is 33.8 Å². The summed E-state index contributed by atoms with van der Waals surface area (Å²) in [5.74, 6) is -2.88. The summed E-state index contributed by atoms with van der Waals surface area (Å²) in [5.41, 5.74) is 7.44. The molecule has 0 bridgehead atoms. The van der Waals surface area contributed by atoms with Crippen molar-refractivity contribution in [3.05, 3.63) is 70.4 Å². The molecule has 1 aliphatic rings. The van der Waals surface area contributed by atoms with Crippen LogP contribution >= 0.6 is 0 Å². The summed E-state index contributed by atoms with van der Waals surface area (Å²) in [5, 5.41) is 5.72. The topological polar surface area (TPSA) is 119 Å². The van der Waals surface area contributed by atoms with E-state index in [0.29, 0.717) is 24.0 Å². The Bertz CT molecular complexity index is 1700. The molecule has 9 nitrogen and oxygen atoms in total. The molecule has 2 atom stereocenters. The molecule has 1 unspecified atom stereocenters. The van der Waals surface area contributed by atoms with Gasteiger partial charge in [-0.05, 0) is 65.8 Å². The predicted octanol–water partition coefficient (Wildman–Crippen LogP) is 5.82. The molecule has 1 aromatic heterocycles. The fourth-order valence-electron chi connectivity index (χ4n) is 6.45. The first-order valence-corrected chi connectivity index (χ1v) is 17.3. The van der Waals surface area contributed by atoms with E-state index in [1.165, 1.54) is 30.0 Å². The summed E-state index contributed by atoms with van der Waals surface area (Å²) < 4.78 is 76.4. The molecule has 0 aliphatic carbocycles. The number of likely N-dealkylation sites (tertiary alicyclic amines) is 1. The second-order valence-corrected chi connectivity index (χ2v) is 13.9. The summed E-state index contributed by atoms with van der Waals surface area (Å²) >= 11 is 0. The van der Waals surface area contributed by atoms with Crippen LogP contribution in [0.25, 0.3) is 10.9 Å². The van der Waals surface area contributed by atoms with Gasteiger partial charge in [0.15, 0.2) is 0 Å². The molecular formula is C37H48F5N5O4. The van der Waals surface area contributed by atoms with Gasteiger partial charge >= 0.3 is 6.18 Å². The third-order valence-electron chi connectivity index (χ3n) is 9.52. The van der Waals surface area contributed by atoms with E-state index in [4.69, 9.17) is 10.5 Å². The van der Waals surface area contributed by atoms with Crippen LogP contribution in [0.3, 0.4) is 0 Å². The molecule has 4 rings (SSSR count). The fourth-order valence-corrected chi connectivity index (χ4v) is 6.45. The molecule has 2 aromatic carbocycles. The van der Waals surface area contributed by atoms with E-state index in [-0.39, 0.29) is 72.6 Å². The first-order chi connectivity index (χ1) is 24.0. The largest absolute Gasteiger partial charge is 0.389 e. The number of nitrogens with one attached hydrogen (secondary N) is 2. The average Bonchev–Trinajstić information content (AvgIpc) is 3.48. The van der Waals surface area contributed by atoms with Gasteiger partial charge < -0.3 is 30.6 Å². The maximum Gasteiger partial charge on any atom is 0.389 e. The van der Waals surface area contributed by atoms with Crippen LogP contribution in [0.5, 0.6) is 0 Å². The van der Waals surface area contributed by atoms with Crippen LogP contribution in [0, 0.1) is 23.5 Å². The number of hydrogen-bond donors (Lipinski definition) is 3. The Kier molecular flexibility index (Phi) is 13.2. The van der Waals surface area contributed by atoms with E-state index < -0.39 is 60.5 Å². The summed E-state index contributed by atoms with van der Waals surface area (Å²) in [6.45, 7) is 8.23.